The molecule has 3 rings (SSSR count). The van der Waals surface area contributed by atoms with E-state index in [0.29, 0.717) is 42.2 Å². The van der Waals surface area contributed by atoms with Crippen LogP contribution >= 0.6 is 31.9 Å². The number of nitrogens with one attached hydrogen (secondary N) is 1. The molecule has 1 fully saturated rings. The molecule has 1 aliphatic rings. The zero-order chi connectivity index (χ0) is 17.1. The van der Waals surface area contributed by atoms with Crippen LogP contribution in [0.3, 0.4) is 0 Å². The van der Waals surface area contributed by atoms with E-state index >= 15 is 0 Å². The lowest BCUT2D eigenvalue weighted by molar-refractivity contribution is -0.121. The van der Waals surface area contributed by atoms with E-state index in [1.54, 1.807) is 29.3 Å². The summed E-state index contributed by atoms with van der Waals surface area (Å²) in [5.41, 5.74) is 0. The fraction of sp³-hybridized carbons (Fsp3) is 0.312. The predicted molar refractivity (Wildman–Crippen MR) is 95.6 cm³/mol. The van der Waals surface area contributed by atoms with E-state index < -0.39 is 0 Å². The average molecular weight is 457 g/mol. The first-order valence-corrected chi connectivity index (χ1v) is 9.08. The van der Waals surface area contributed by atoms with Gasteiger partial charge in [0.15, 0.2) is 10.4 Å². The number of hydrogen-bond donors (Lipinski definition) is 1. The second-order valence-electron chi connectivity index (χ2n) is 5.52. The zero-order valence-corrected chi connectivity index (χ0v) is 15.8. The van der Waals surface area contributed by atoms with Crippen molar-refractivity contribution < 1.29 is 14.0 Å². The van der Waals surface area contributed by atoms with Gasteiger partial charge in [-0.1, -0.05) is 0 Å². The molecule has 0 radical (unpaired) electrons. The van der Waals surface area contributed by atoms with Gasteiger partial charge in [0.25, 0.3) is 5.91 Å². The number of halogens is 2. The highest BCUT2D eigenvalue weighted by molar-refractivity contribution is 9.10. The standard InChI is InChI=1S/C16H15Br2N3O3/c17-11-1-4-14(19-9-11)20-15(22)10-5-7-21(8-6-10)16(23)12-2-3-13(18)24-12/h1-4,9-10H,5-8H2,(H,19,20,22). The van der Waals surface area contributed by atoms with E-state index in [9.17, 15) is 9.59 Å². The second kappa shape index (κ2) is 7.48. The van der Waals surface area contributed by atoms with Gasteiger partial charge in [-0.25, -0.2) is 4.98 Å². The van der Waals surface area contributed by atoms with Crippen LogP contribution in [-0.2, 0) is 4.79 Å². The summed E-state index contributed by atoms with van der Waals surface area (Å²) >= 11 is 6.50. The summed E-state index contributed by atoms with van der Waals surface area (Å²) < 4.78 is 6.68. The van der Waals surface area contributed by atoms with Gasteiger partial charge < -0.3 is 14.6 Å². The number of piperidine rings is 1. The van der Waals surface area contributed by atoms with E-state index in [1.807, 2.05) is 6.07 Å². The van der Waals surface area contributed by atoms with Crippen LogP contribution in [0.1, 0.15) is 23.4 Å². The predicted octanol–water partition coefficient (Wildman–Crippen LogP) is 3.69. The first-order valence-electron chi connectivity index (χ1n) is 7.50. The summed E-state index contributed by atoms with van der Waals surface area (Å²) in [5, 5.41) is 2.82. The van der Waals surface area contributed by atoms with Gasteiger partial charge in [-0.05, 0) is 69.0 Å². The van der Waals surface area contributed by atoms with Gasteiger partial charge in [0.2, 0.25) is 5.91 Å². The van der Waals surface area contributed by atoms with Crippen molar-refractivity contribution in [1.82, 2.24) is 9.88 Å². The minimum atomic E-state index is -0.144. The first kappa shape index (κ1) is 17.2. The van der Waals surface area contributed by atoms with Crippen LogP contribution in [-0.4, -0.2) is 34.8 Å². The van der Waals surface area contributed by atoms with Crippen LogP contribution in [0.5, 0.6) is 0 Å². The molecule has 126 valence electrons. The largest absolute Gasteiger partial charge is 0.444 e. The highest BCUT2D eigenvalue weighted by atomic mass is 79.9. The molecule has 0 aromatic carbocycles. The Bertz CT molecular complexity index is 737. The molecule has 6 nitrogen and oxygen atoms in total. The van der Waals surface area contributed by atoms with Gasteiger partial charge in [-0.3, -0.25) is 9.59 Å². The van der Waals surface area contributed by atoms with Crippen LogP contribution in [0.2, 0.25) is 0 Å². The summed E-state index contributed by atoms with van der Waals surface area (Å²) in [7, 11) is 0. The normalized spacial score (nSPS) is 15.3. The van der Waals surface area contributed by atoms with Crippen LogP contribution in [0.4, 0.5) is 5.82 Å². The van der Waals surface area contributed by atoms with Crippen molar-refractivity contribution >= 4 is 49.5 Å². The Labute approximate surface area is 155 Å². The van der Waals surface area contributed by atoms with E-state index in [4.69, 9.17) is 4.42 Å². The molecule has 1 saturated heterocycles. The highest BCUT2D eigenvalue weighted by Gasteiger charge is 2.29. The third-order valence-electron chi connectivity index (χ3n) is 3.92. The summed E-state index contributed by atoms with van der Waals surface area (Å²) in [4.78, 5) is 30.5. The maximum absolute atomic E-state index is 12.3. The lowest BCUT2D eigenvalue weighted by Gasteiger charge is -2.30. The van der Waals surface area contributed by atoms with E-state index in [2.05, 4.69) is 42.2 Å². The summed E-state index contributed by atoms with van der Waals surface area (Å²) in [6, 6.07) is 6.91. The Morgan fingerprint density at radius 2 is 1.92 bits per heavy atom. The minimum absolute atomic E-state index is 0.0577. The first-order chi connectivity index (χ1) is 11.5. The molecule has 0 bridgehead atoms. The number of nitrogens with zero attached hydrogens (tertiary/aromatic N) is 2. The monoisotopic (exact) mass is 455 g/mol. The number of anilines is 1. The van der Waals surface area contributed by atoms with Crippen molar-refractivity contribution in [2.45, 2.75) is 12.8 Å². The maximum Gasteiger partial charge on any atom is 0.289 e. The molecule has 24 heavy (non-hydrogen) atoms. The lowest BCUT2D eigenvalue weighted by Crippen LogP contribution is -2.41. The molecule has 2 aromatic heterocycles. The minimum Gasteiger partial charge on any atom is -0.444 e. The number of furan rings is 1. The number of carbonyl (C=O) groups excluding carboxylic acids is 2. The zero-order valence-electron chi connectivity index (χ0n) is 12.7. The SMILES string of the molecule is O=C(Nc1ccc(Br)cn1)C1CCN(C(=O)c2ccc(Br)o2)CC1. The smallest absolute Gasteiger partial charge is 0.289 e. The molecule has 8 heteroatoms. The third kappa shape index (κ3) is 4.05. The maximum atomic E-state index is 12.3. The molecule has 1 aliphatic heterocycles. The molecule has 0 unspecified atom stereocenters. The Morgan fingerprint density at radius 3 is 2.50 bits per heavy atom. The van der Waals surface area contributed by atoms with E-state index in [-0.39, 0.29) is 17.7 Å². The van der Waals surface area contributed by atoms with Gasteiger partial charge in [0.05, 0.1) is 0 Å². The van der Waals surface area contributed by atoms with E-state index in [1.165, 1.54) is 0 Å². The Hall–Kier alpha value is -1.67. The molecule has 1 N–H and O–H groups in total. The molecule has 2 aromatic rings. The summed E-state index contributed by atoms with van der Waals surface area (Å²) in [6.45, 7) is 1.06. The molecular formula is C16H15Br2N3O3. The molecule has 3 heterocycles. The van der Waals surface area contributed by atoms with Gasteiger partial charge in [0, 0.05) is 29.7 Å². The number of likely N-dealkylation sites (tertiary alicyclic amines) is 1. The van der Waals surface area contributed by atoms with Crippen LogP contribution in [0.25, 0.3) is 0 Å². The molecule has 0 spiro atoms. The average Bonchev–Trinajstić information content (AvgIpc) is 3.03. The van der Waals surface area contributed by atoms with E-state index in [0.717, 1.165) is 4.47 Å². The molecular weight excluding hydrogens is 442 g/mol. The fourth-order valence-electron chi connectivity index (χ4n) is 2.61. The quantitative estimate of drug-likeness (QED) is 0.764. The van der Waals surface area contributed by atoms with Gasteiger partial charge in [-0.15, -0.1) is 0 Å². The Morgan fingerprint density at radius 1 is 1.17 bits per heavy atom. The lowest BCUT2D eigenvalue weighted by atomic mass is 9.95. The number of amides is 2. The molecule has 2 amide bonds. The second-order valence-corrected chi connectivity index (χ2v) is 7.22. The van der Waals surface area contributed by atoms with Gasteiger partial charge >= 0.3 is 0 Å². The van der Waals surface area contributed by atoms with Crippen molar-refractivity contribution in [3.8, 4) is 0 Å². The Kier molecular flexibility index (Phi) is 5.35. The van der Waals surface area contributed by atoms with Gasteiger partial charge in [-0.2, -0.15) is 0 Å². The third-order valence-corrected chi connectivity index (χ3v) is 4.81. The number of rotatable bonds is 3. The number of carbonyl (C=O) groups is 2. The van der Waals surface area contributed by atoms with Gasteiger partial charge in [0.1, 0.15) is 5.82 Å². The summed E-state index contributed by atoms with van der Waals surface area (Å²) in [5.74, 6) is 0.514. The van der Waals surface area contributed by atoms with Crippen LogP contribution in [0.15, 0.2) is 44.0 Å². The van der Waals surface area contributed by atoms with Crippen molar-refractivity contribution in [3.05, 3.63) is 45.4 Å². The van der Waals surface area contributed by atoms with Crippen molar-refractivity contribution in [2.24, 2.45) is 5.92 Å². The molecule has 0 saturated carbocycles. The number of hydrogen-bond acceptors (Lipinski definition) is 4. The molecule has 0 aliphatic carbocycles. The number of aromatic nitrogens is 1. The topological polar surface area (TPSA) is 75.4 Å². The Balaban J connectivity index is 1.53. The van der Waals surface area contributed by atoms with Crippen LogP contribution in [0, 0.1) is 5.92 Å². The highest BCUT2D eigenvalue weighted by Crippen LogP contribution is 2.22. The fourth-order valence-corrected chi connectivity index (χ4v) is 3.15. The molecule has 0 atom stereocenters. The van der Waals surface area contributed by atoms with Crippen molar-refractivity contribution in [3.63, 3.8) is 0 Å². The summed E-state index contributed by atoms with van der Waals surface area (Å²) in [6.07, 6.45) is 2.88. The van der Waals surface area contributed by atoms with Crippen LogP contribution < -0.4 is 5.32 Å². The van der Waals surface area contributed by atoms with Crippen molar-refractivity contribution in [2.75, 3.05) is 18.4 Å². The number of pyridine rings is 1. The van der Waals surface area contributed by atoms with Crippen molar-refractivity contribution in [1.29, 1.82) is 0 Å².